The molecule has 92 valence electrons. The van der Waals surface area contributed by atoms with E-state index in [0.29, 0.717) is 0 Å². The van der Waals surface area contributed by atoms with Gasteiger partial charge >= 0.3 is 11.9 Å². The zero-order valence-corrected chi connectivity index (χ0v) is 8.95. The van der Waals surface area contributed by atoms with E-state index in [4.69, 9.17) is 14.2 Å². The number of esters is 2. The molecule has 0 aromatic carbocycles. The van der Waals surface area contributed by atoms with Crippen LogP contribution in [0.2, 0.25) is 0 Å². The van der Waals surface area contributed by atoms with Crippen molar-refractivity contribution >= 4 is 11.9 Å². The Morgan fingerprint density at radius 2 is 1.75 bits per heavy atom. The molecule has 1 saturated heterocycles. The number of hydrogen-bond acceptors (Lipinski definition) is 7. The number of rotatable bonds is 2. The van der Waals surface area contributed by atoms with Gasteiger partial charge in [0.1, 0.15) is 6.10 Å². The summed E-state index contributed by atoms with van der Waals surface area (Å²) in [7, 11) is 0. The van der Waals surface area contributed by atoms with Gasteiger partial charge in [-0.25, -0.2) is 0 Å². The Balaban J connectivity index is 2.72. The van der Waals surface area contributed by atoms with Crippen LogP contribution in [0.1, 0.15) is 13.8 Å². The molecule has 0 bridgehead atoms. The fourth-order valence-corrected chi connectivity index (χ4v) is 1.42. The maximum absolute atomic E-state index is 10.8. The maximum atomic E-state index is 10.8. The molecule has 0 aromatic rings. The molecule has 7 nitrogen and oxygen atoms in total. The average Bonchev–Trinajstić information content (AvgIpc) is 2.16. The van der Waals surface area contributed by atoms with Crippen LogP contribution in [-0.2, 0) is 23.8 Å². The van der Waals surface area contributed by atoms with E-state index in [1.165, 1.54) is 6.92 Å². The van der Waals surface area contributed by atoms with E-state index in [0.717, 1.165) is 6.92 Å². The highest BCUT2D eigenvalue weighted by Gasteiger charge is 2.42. The molecule has 1 aliphatic heterocycles. The van der Waals surface area contributed by atoms with Gasteiger partial charge in [0.2, 0.25) is 0 Å². The molecule has 16 heavy (non-hydrogen) atoms. The predicted octanol–water partition coefficient (Wildman–Crippen LogP) is -1.44. The summed E-state index contributed by atoms with van der Waals surface area (Å²) < 4.78 is 14.3. The van der Waals surface area contributed by atoms with Gasteiger partial charge in [-0.1, -0.05) is 0 Å². The standard InChI is InChI=1S/C9H14O7/c1-4(10)15-6-3-14-9(13)7(12)8(6)16-5(2)11/h6-9,12-13H,3H2,1-2H3/t6-,7-,8+,9-/m1/s1. The van der Waals surface area contributed by atoms with E-state index in [9.17, 15) is 19.8 Å². The van der Waals surface area contributed by atoms with Crippen molar-refractivity contribution in [2.45, 2.75) is 38.4 Å². The Morgan fingerprint density at radius 1 is 1.19 bits per heavy atom. The molecule has 0 aliphatic carbocycles. The van der Waals surface area contributed by atoms with Gasteiger partial charge in [0.15, 0.2) is 18.5 Å². The molecule has 1 fully saturated rings. The topological polar surface area (TPSA) is 102 Å². The minimum atomic E-state index is -1.46. The second-order valence-electron chi connectivity index (χ2n) is 3.44. The van der Waals surface area contributed by atoms with E-state index in [-0.39, 0.29) is 6.61 Å². The lowest BCUT2D eigenvalue weighted by atomic mass is 10.1. The molecule has 7 heteroatoms. The number of carbonyl (C=O) groups is 2. The zero-order chi connectivity index (χ0) is 12.3. The van der Waals surface area contributed by atoms with E-state index in [2.05, 4.69) is 0 Å². The summed E-state index contributed by atoms with van der Waals surface area (Å²) in [6.45, 7) is 2.19. The molecule has 0 saturated carbocycles. The third-order valence-electron chi connectivity index (χ3n) is 2.05. The molecule has 0 radical (unpaired) electrons. The lowest BCUT2D eigenvalue weighted by Crippen LogP contribution is -2.55. The first-order chi connectivity index (χ1) is 7.41. The summed E-state index contributed by atoms with van der Waals surface area (Å²) in [5, 5.41) is 18.7. The molecule has 4 atom stereocenters. The lowest BCUT2D eigenvalue weighted by Gasteiger charge is -2.36. The Labute approximate surface area is 91.9 Å². The molecule has 0 spiro atoms. The fraction of sp³-hybridized carbons (Fsp3) is 0.778. The van der Waals surface area contributed by atoms with E-state index >= 15 is 0 Å². The zero-order valence-electron chi connectivity index (χ0n) is 8.95. The molecule has 0 amide bonds. The summed E-state index contributed by atoms with van der Waals surface area (Å²) in [6.07, 6.45) is -4.94. The average molecular weight is 234 g/mol. The summed E-state index contributed by atoms with van der Waals surface area (Å²) in [6, 6.07) is 0. The van der Waals surface area contributed by atoms with Gasteiger partial charge < -0.3 is 24.4 Å². The van der Waals surface area contributed by atoms with E-state index in [1.807, 2.05) is 0 Å². The summed E-state index contributed by atoms with van der Waals surface area (Å²) in [5.74, 6) is -1.23. The van der Waals surface area contributed by atoms with Crippen molar-refractivity contribution in [3.05, 3.63) is 0 Å². The molecular formula is C9H14O7. The van der Waals surface area contributed by atoms with Crippen molar-refractivity contribution in [1.29, 1.82) is 0 Å². The van der Waals surface area contributed by atoms with Crippen LogP contribution in [0.5, 0.6) is 0 Å². The van der Waals surface area contributed by atoms with Gasteiger partial charge in [0.05, 0.1) is 6.61 Å². The van der Waals surface area contributed by atoms with Gasteiger partial charge in [-0.3, -0.25) is 9.59 Å². The predicted molar refractivity (Wildman–Crippen MR) is 49.1 cm³/mol. The van der Waals surface area contributed by atoms with Crippen LogP contribution in [-0.4, -0.2) is 53.4 Å². The molecule has 1 rings (SSSR count). The van der Waals surface area contributed by atoms with Crippen LogP contribution >= 0.6 is 0 Å². The summed E-state index contributed by atoms with van der Waals surface area (Å²) in [4.78, 5) is 21.6. The summed E-state index contributed by atoms with van der Waals surface area (Å²) in [5.41, 5.74) is 0. The molecule has 2 N–H and O–H groups in total. The molecule has 1 aliphatic rings. The highest BCUT2D eigenvalue weighted by molar-refractivity contribution is 5.67. The van der Waals surface area contributed by atoms with Crippen LogP contribution in [0.25, 0.3) is 0 Å². The van der Waals surface area contributed by atoms with Crippen LogP contribution in [0.3, 0.4) is 0 Å². The van der Waals surface area contributed by atoms with Gasteiger partial charge in [-0.15, -0.1) is 0 Å². The number of hydrogen-bond donors (Lipinski definition) is 2. The van der Waals surface area contributed by atoms with Crippen molar-refractivity contribution in [3.63, 3.8) is 0 Å². The second kappa shape index (κ2) is 5.24. The van der Waals surface area contributed by atoms with Gasteiger partial charge in [0, 0.05) is 13.8 Å². The third-order valence-corrected chi connectivity index (χ3v) is 2.05. The van der Waals surface area contributed by atoms with Crippen molar-refractivity contribution in [2.75, 3.05) is 6.61 Å². The number of aliphatic hydroxyl groups excluding tert-OH is 2. The number of carbonyl (C=O) groups excluding carboxylic acids is 2. The van der Waals surface area contributed by atoms with E-state index in [1.54, 1.807) is 0 Å². The molecular weight excluding hydrogens is 220 g/mol. The highest BCUT2D eigenvalue weighted by Crippen LogP contribution is 2.19. The number of ether oxygens (including phenoxy) is 3. The third kappa shape index (κ3) is 3.16. The van der Waals surface area contributed by atoms with Crippen molar-refractivity contribution in [3.8, 4) is 0 Å². The van der Waals surface area contributed by atoms with Crippen LogP contribution in [0.4, 0.5) is 0 Å². The van der Waals surface area contributed by atoms with E-state index < -0.39 is 36.5 Å². The van der Waals surface area contributed by atoms with Crippen molar-refractivity contribution < 1.29 is 34.0 Å². The van der Waals surface area contributed by atoms with Crippen LogP contribution < -0.4 is 0 Å². The Kier molecular flexibility index (Phi) is 4.22. The molecule has 0 aromatic heterocycles. The number of aliphatic hydroxyl groups is 2. The van der Waals surface area contributed by atoms with Crippen molar-refractivity contribution in [1.82, 2.24) is 0 Å². The maximum Gasteiger partial charge on any atom is 0.303 e. The highest BCUT2D eigenvalue weighted by atomic mass is 16.7. The largest absolute Gasteiger partial charge is 0.456 e. The summed E-state index contributed by atoms with van der Waals surface area (Å²) >= 11 is 0. The van der Waals surface area contributed by atoms with Crippen LogP contribution in [0, 0.1) is 0 Å². The monoisotopic (exact) mass is 234 g/mol. The Hall–Kier alpha value is -1.18. The first kappa shape index (κ1) is 12.9. The SMILES string of the molecule is CC(=O)O[C@@H]1[C@@H](O)[C@H](O)OC[C@H]1OC(C)=O. The van der Waals surface area contributed by atoms with Crippen LogP contribution in [0.15, 0.2) is 0 Å². The smallest absolute Gasteiger partial charge is 0.303 e. The normalized spacial score (nSPS) is 34.2. The second-order valence-corrected chi connectivity index (χ2v) is 3.44. The Bertz CT molecular complexity index is 277. The lowest BCUT2D eigenvalue weighted by molar-refractivity contribution is -0.261. The first-order valence-corrected chi connectivity index (χ1v) is 4.74. The molecule has 0 unspecified atom stereocenters. The van der Waals surface area contributed by atoms with Crippen molar-refractivity contribution in [2.24, 2.45) is 0 Å². The quantitative estimate of drug-likeness (QED) is 0.564. The van der Waals surface area contributed by atoms with Gasteiger partial charge in [-0.05, 0) is 0 Å². The van der Waals surface area contributed by atoms with Gasteiger partial charge in [0.25, 0.3) is 0 Å². The Morgan fingerprint density at radius 3 is 2.25 bits per heavy atom. The minimum Gasteiger partial charge on any atom is -0.456 e. The minimum absolute atomic E-state index is 0.143. The first-order valence-electron chi connectivity index (χ1n) is 4.74. The molecule has 1 heterocycles. The van der Waals surface area contributed by atoms with Gasteiger partial charge in [-0.2, -0.15) is 0 Å². The fourth-order valence-electron chi connectivity index (χ4n) is 1.42.